The Morgan fingerprint density at radius 1 is 1.00 bits per heavy atom. The van der Waals surface area contributed by atoms with Gasteiger partial charge in [-0.3, -0.25) is 0 Å². The van der Waals surface area contributed by atoms with E-state index in [9.17, 15) is 4.39 Å². The van der Waals surface area contributed by atoms with Crippen molar-refractivity contribution < 1.29 is 4.39 Å². The van der Waals surface area contributed by atoms with Crippen LogP contribution in [-0.4, -0.2) is 0 Å². The van der Waals surface area contributed by atoms with Gasteiger partial charge in [0.05, 0.1) is 5.38 Å². The van der Waals surface area contributed by atoms with Crippen molar-refractivity contribution >= 4 is 11.6 Å². The van der Waals surface area contributed by atoms with Crippen molar-refractivity contribution in [1.82, 2.24) is 0 Å². The van der Waals surface area contributed by atoms with Crippen molar-refractivity contribution in [3.05, 3.63) is 59.2 Å². The highest BCUT2D eigenvalue weighted by molar-refractivity contribution is 6.25. The zero-order valence-electron chi connectivity index (χ0n) is 8.58. The van der Waals surface area contributed by atoms with Gasteiger partial charge in [-0.2, -0.15) is 0 Å². The Bertz CT molecular complexity index is 548. The van der Waals surface area contributed by atoms with E-state index in [0.29, 0.717) is 5.56 Å². The van der Waals surface area contributed by atoms with Crippen molar-refractivity contribution in [3.8, 4) is 11.1 Å². The minimum Gasteiger partial charge on any atom is -0.246 e. The largest absolute Gasteiger partial charge is 0.246 e. The first-order valence-electron chi connectivity index (χ1n) is 5.24. The predicted octanol–water partition coefficient (Wildman–Crippen LogP) is 4.46. The number of halogens is 2. The average Bonchev–Trinajstić information content (AvgIpc) is 2.64. The lowest BCUT2D eigenvalue weighted by Crippen LogP contribution is -1.92. The highest BCUT2D eigenvalue weighted by Crippen LogP contribution is 2.48. The minimum absolute atomic E-state index is 0.210. The molecule has 0 heterocycles. The van der Waals surface area contributed by atoms with Gasteiger partial charge in [0.2, 0.25) is 0 Å². The molecule has 0 N–H and O–H groups in total. The highest BCUT2D eigenvalue weighted by atomic mass is 35.5. The Labute approximate surface area is 98.7 Å². The summed E-state index contributed by atoms with van der Waals surface area (Å²) in [7, 11) is 0. The maximum Gasteiger partial charge on any atom is 0.115 e. The molecule has 0 aromatic heterocycles. The summed E-state index contributed by atoms with van der Waals surface area (Å²) in [5, 5.41) is -0.210. The van der Waals surface area contributed by atoms with E-state index >= 15 is 0 Å². The molecule has 3 rings (SSSR count). The number of alkyl halides is 2. The maximum atomic E-state index is 12.9. The first-order valence-corrected chi connectivity index (χ1v) is 5.67. The van der Waals surface area contributed by atoms with E-state index in [1.54, 1.807) is 6.07 Å². The molecular weight excluding hydrogens is 223 g/mol. The van der Waals surface area contributed by atoms with Crippen molar-refractivity contribution in [2.24, 2.45) is 0 Å². The Morgan fingerprint density at radius 3 is 2.56 bits per heavy atom. The summed E-state index contributed by atoms with van der Waals surface area (Å²) >= 11 is 6.39. The van der Waals surface area contributed by atoms with Gasteiger partial charge in [0.25, 0.3) is 0 Å². The maximum absolute atomic E-state index is 12.9. The van der Waals surface area contributed by atoms with E-state index in [-0.39, 0.29) is 5.38 Å². The van der Waals surface area contributed by atoms with Crippen LogP contribution in [0.5, 0.6) is 0 Å². The molecule has 0 amide bonds. The van der Waals surface area contributed by atoms with Gasteiger partial charge in [-0.1, -0.05) is 42.5 Å². The van der Waals surface area contributed by atoms with Crippen LogP contribution in [0.25, 0.3) is 11.1 Å². The minimum atomic E-state index is -0.458. The van der Waals surface area contributed by atoms with Gasteiger partial charge in [-0.25, -0.2) is 4.39 Å². The Balaban J connectivity index is 2.32. The van der Waals surface area contributed by atoms with Gasteiger partial charge in [0.1, 0.15) is 6.67 Å². The van der Waals surface area contributed by atoms with Crippen molar-refractivity contribution in [3.63, 3.8) is 0 Å². The molecule has 0 nitrogen and oxygen atoms in total. The van der Waals surface area contributed by atoms with E-state index in [2.05, 4.69) is 0 Å². The molecule has 2 heteroatoms. The summed E-state index contributed by atoms with van der Waals surface area (Å²) in [6, 6.07) is 13.7. The van der Waals surface area contributed by atoms with E-state index in [1.807, 2.05) is 36.4 Å². The smallest absolute Gasteiger partial charge is 0.115 e. The van der Waals surface area contributed by atoms with Gasteiger partial charge in [-0.05, 0) is 27.8 Å². The molecule has 1 atom stereocenters. The van der Waals surface area contributed by atoms with E-state index < -0.39 is 6.67 Å². The summed E-state index contributed by atoms with van der Waals surface area (Å²) in [4.78, 5) is 0. The summed E-state index contributed by atoms with van der Waals surface area (Å²) in [6.07, 6.45) is 0. The van der Waals surface area contributed by atoms with Crippen LogP contribution >= 0.6 is 11.6 Å². The molecule has 2 aromatic rings. The van der Waals surface area contributed by atoms with Crippen LogP contribution in [-0.2, 0) is 6.67 Å². The molecule has 0 spiro atoms. The fourth-order valence-electron chi connectivity index (χ4n) is 2.38. The van der Waals surface area contributed by atoms with E-state index in [1.165, 1.54) is 0 Å². The van der Waals surface area contributed by atoms with Crippen LogP contribution < -0.4 is 0 Å². The first-order chi connectivity index (χ1) is 7.83. The zero-order valence-corrected chi connectivity index (χ0v) is 9.34. The third-order valence-corrected chi connectivity index (χ3v) is 3.57. The summed E-state index contributed by atoms with van der Waals surface area (Å²) in [6.45, 7) is -0.458. The molecule has 80 valence electrons. The van der Waals surface area contributed by atoms with Gasteiger partial charge in [0.15, 0.2) is 0 Å². The second kappa shape index (κ2) is 3.60. The Kier molecular flexibility index (Phi) is 2.22. The molecular formula is C14H10ClF. The summed E-state index contributed by atoms with van der Waals surface area (Å²) in [5.41, 5.74) is 4.93. The molecule has 0 saturated carbocycles. The van der Waals surface area contributed by atoms with Crippen molar-refractivity contribution in [2.45, 2.75) is 12.1 Å². The summed E-state index contributed by atoms with van der Waals surface area (Å²) in [5.74, 6) is 0. The lowest BCUT2D eigenvalue weighted by atomic mass is 10.0. The monoisotopic (exact) mass is 232 g/mol. The Morgan fingerprint density at radius 2 is 1.75 bits per heavy atom. The third kappa shape index (κ3) is 1.21. The number of hydrogen-bond acceptors (Lipinski definition) is 0. The molecule has 1 unspecified atom stereocenters. The van der Waals surface area contributed by atoms with Crippen LogP contribution in [0, 0.1) is 0 Å². The topological polar surface area (TPSA) is 0 Å². The van der Waals surface area contributed by atoms with Crippen LogP contribution in [0.2, 0.25) is 0 Å². The molecule has 0 saturated heterocycles. The van der Waals surface area contributed by atoms with Crippen LogP contribution in [0.15, 0.2) is 42.5 Å². The number of hydrogen-bond donors (Lipinski definition) is 0. The molecule has 1 aliphatic carbocycles. The normalized spacial score (nSPS) is 17.0. The average molecular weight is 233 g/mol. The first kappa shape index (κ1) is 9.86. The SMILES string of the molecule is FCc1cccc2c1C(Cl)c1ccccc1-2. The van der Waals surface area contributed by atoms with Crippen molar-refractivity contribution in [2.75, 3.05) is 0 Å². The van der Waals surface area contributed by atoms with Crippen molar-refractivity contribution in [1.29, 1.82) is 0 Å². The highest BCUT2D eigenvalue weighted by Gasteiger charge is 2.28. The number of fused-ring (bicyclic) bond motifs is 3. The third-order valence-electron chi connectivity index (χ3n) is 3.12. The zero-order chi connectivity index (χ0) is 11.1. The molecule has 2 aromatic carbocycles. The quantitative estimate of drug-likeness (QED) is 0.637. The van der Waals surface area contributed by atoms with Gasteiger partial charge in [0, 0.05) is 0 Å². The second-order valence-corrected chi connectivity index (χ2v) is 4.40. The van der Waals surface area contributed by atoms with Crippen LogP contribution in [0.4, 0.5) is 4.39 Å². The number of benzene rings is 2. The standard InChI is InChI=1S/C14H10ClF/c15-14-12-6-2-1-5-10(12)11-7-3-4-9(8-16)13(11)14/h1-7,14H,8H2. The fraction of sp³-hybridized carbons (Fsp3) is 0.143. The molecule has 16 heavy (non-hydrogen) atoms. The second-order valence-electron chi connectivity index (χ2n) is 3.96. The lowest BCUT2D eigenvalue weighted by molar-refractivity contribution is 0.483. The van der Waals surface area contributed by atoms with Gasteiger partial charge < -0.3 is 0 Å². The van der Waals surface area contributed by atoms with Gasteiger partial charge >= 0.3 is 0 Å². The summed E-state index contributed by atoms with van der Waals surface area (Å²) < 4.78 is 12.9. The van der Waals surface area contributed by atoms with E-state index in [0.717, 1.165) is 22.3 Å². The molecule has 0 fully saturated rings. The Hall–Kier alpha value is -1.34. The van der Waals surface area contributed by atoms with Gasteiger partial charge in [-0.15, -0.1) is 11.6 Å². The molecule has 0 bridgehead atoms. The van der Waals surface area contributed by atoms with Crippen LogP contribution in [0.1, 0.15) is 22.1 Å². The molecule has 1 aliphatic rings. The molecule has 0 aliphatic heterocycles. The molecule has 0 radical (unpaired) electrons. The fourth-order valence-corrected chi connectivity index (χ4v) is 2.83. The van der Waals surface area contributed by atoms with E-state index in [4.69, 9.17) is 11.6 Å². The predicted molar refractivity (Wildman–Crippen MR) is 64.4 cm³/mol. The van der Waals surface area contributed by atoms with Crippen LogP contribution in [0.3, 0.4) is 0 Å². The number of rotatable bonds is 1. The lowest BCUT2D eigenvalue weighted by Gasteiger charge is -2.08.